The minimum atomic E-state index is -0.885. The molecule has 2 atom stereocenters. The first-order valence-electron chi connectivity index (χ1n) is 6.95. The Labute approximate surface area is 132 Å². The minimum Gasteiger partial charge on any atom is -0.478 e. The zero-order chi connectivity index (χ0) is 14.8. The molecule has 0 saturated carbocycles. The number of hydrogen-bond donors (Lipinski definition) is 2. The van der Waals surface area contributed by atoms with Gasteiger partial charge in [-0.15, -0.1) is 11.3 Å². The molecule has 3 nitrogen and oxygen atoms in total. The molecule has 21 heavy (non-hydrogen) atoms. The second kappa shape index (κ2) is 6.18. The minimum absolute atomic E-state index is 0.271. The van der Waals surface area contributed by atoms with Crippen LogP contribution < -0.4 is 5.32 Å². The van der Waals surface area contributed by atoms with Gasteiger partial charge in [0.25, 0.3) is 0 Å². The Hall–Kier alpha value is -1.36. The van der Waals surface area contributed by atoms with Crippen LogP contribution in [0, 0.1) is 0 Å². The van der Waals surface area contributed by atoms with Crippen molar-refractivity contribution in [2.75, 3.05) is 6.54 Å². The lowest BCUT2D eigenvalue weighted by Crippen LogP contribution is -2.30. The number of halogens is 1. The number of nitrogens with one attached hydrogen (secondary N) is 1. The number of carboxylic acid groups (broad SMARTS) is 1. The third kappa shape index (κ3) is 3.28. The fourth-order valence-corrected chi connectivity index (χ4v) is 4.04. The van der Waals surface area contributed by atoms with Crippen molar-refractivity contribution in [2.24, 2.45) is 0 Å². The molecule has 1 aliphatic rings. The van der Waals surface area contributed by atoms with Crippen LogP contribution in [0.3, 0.4) is 0 Å². The molecule has 0 spiro atoms. The summed E-state index contributed by atoms with van der Waals surface area (Å²) in [7, 11) is 0. The van der Waals surface area contributed by atoms with Gasteiger partial charge in [-0.05, 0) is 55.1 Å². The summed E-state index contributed by atoms with van der Waals surface area (Å²) < 4.78 is 0.839. The maximum atomic E-state index is 10.9. The van der Waals surface area contributed by atoms with Crippen LogP contribution in [0.5, 0.6) is 0 Å². The molecule has 1 fully saturated rings. The van der Waals surface area contributed by atoms with E-state index in [-0.39, 0.29) is 6.04 Å². The van der Waals surface area contributed by atoms with Crippen molar-refractivity contribution in [3.63, 3.8) is 0 Å². The van der Waals surface area contributed by atoms with Crippen molar-refractivity contribution in [1.29, 1.82) is 0 Å². The van der Waals surface area contributed by atoms with E-state index in [2.05, 4.69) is 11.4 Å². The van der Waals surface area contributed by atoms with Gasteiger partial charge in [0.05, 0.1) is 9.90 Å². The Morgan fingerprint density at radius 3 is 2.62 bits per heavy atom. The highest BCUT2D eigenvalue weighted by molar-refractivity contribution is 7.16. The molecule has 1 saturated heterocycles. The zero-order valence-electron chi connectivity index (χ0n) is 11.4. The predicted octanol–water partition coefficient (Wildman–Crippen LogP) is 4.31. The number of rotatable bonds is 3. The number of thiophene rings is 1. The van der Waals surface area contributed by atoms with E-state index in [4.69, 9.17) is 16.7 Å². The van der Waals surface area contributed by atoms with Crippen LogP contribution in [0.25, 0.3) is 0 Å². The van der Waals surface area contributed by atoms with Crippen LogP contribution in [-0.4, -0.2) is 17.6 Å². The average molecular weight is 322 g/mol. The number of carboxylic acids is 1. The summed E-state index contributed by atoms with van der Waals surface area (Å²) in [5.41, 5.74) is 1.48. The molecule has 1 aromatic carbocycles. The summed E-state index contributed by atoms with van der Waals surface area (Å²) in [5.74, 6) is -0.364. The summed E-state index contributed by atoms with van der Waals surface area (Å²) in [6, 6.07) is 11.5. The van der Waals surface area contributed by atoms with Crippen molar-refractivity contribution >= 4 is 28.9 Å². The Morgan fingerprint density at radius 1 is 1.24 bits per heavy atom. The molecule has 110 valence electrons. The summed E-state index contributed by atoms with van der Waals surface area (Å²) in [4.78, 5) is 12.2. The molecule has 0 amide bonds. The van der Waals surface area contributed by atoms with Crippen LogP contribution in [-0.2, 0) is 0 Å². The van der Waals surface area contributed by atoms with E-state index in [0.29, 0.717) is 11.5 Å². The highest BCUT2D eigenvalue weighted by atomic mass is 35.5. The molecule has 0 aliphatic carbocycles. The SMILES string of the molecule is O=C(O)c1ccc([C@@H]2CC(c3ccc(Cl)s3)CCN2)cc1. The number of benzene rings is 1. The van der Waals surface area contributed by atoms with Crippen molar-refractivity contribution in [1.82, 2.24) is 5.32 Å². The Morgan fingerprint density at radius 2 is 2.00 bits per heavy atom. The van der Waals surface area contributed by atoms with Crippen molar-refractivity contribution in [3.05, 3.63) is 56.7 Å². The monoisotopic (exact) mass is 321 g/mol. The van der Waals surface area contributed by atoms with E-state index < -0.39 is 5.97 Å². The fraction of sp³-hybridized carbons (Fsp3) is 0.312. The standard InChI is InChI=1S/C16H16ClNO2S/c17-15-6-5-14(21-15)12-7-8-18-13(9-12)10-1-3-11(4-2-10)16(19)20/h1-6,12-13,18H,7-9H2,(H,19,20)/t12?,13-/m0/s1. The number of hydrogen-bond acceptors (Lipinski definition) is 3. The maximum absolute atomic E-state index is 10.9. The van der Waals surface area contributed by atoms with Crippen LogP contribution in [0.1, 0.15) is 45.6 Å². The molecule has 3 rings (SSSR count). The van der Waals surface area contributed by atoms with E-state index in [1.807, 2.05) is 18.2 Å². The van der Waals surface area contributed by atoms with Gasteiger partial charge in [-0.2, -0.15) is 0 Å². The third-order valence-electron chi connectivity index (χ3n) is 3.96. The third-order valence-corrected chi connectivity index (χ3v) is 5.35. The van der Waals surface area contributed by atoms with Gasteiger partial charge in [0.15, 0.2) is 0 Å². The second-order valence-corrected chi connectivity index (χ2v) is 7.04. The van der Waals surface area contributed by atoms with E-state index in [0.717, 1.165) is 29.3 Å². The molecule has 1 aromatic heterocycles. The molecule has 1 unspecified atom stereocenters. The van der Waals surface area contributed by atoms with Crippen LogP contribution in [0.15, 0.2) is 36.4 Å². The average Bonchev–Trinajstić information content (AvgIpc) is 2.94. The molecule has 2 aromatic rings. The van der Waals surface area contributed by atoms with E-state index in [1.165, 1.54) is 4.88 Å². The molecular formula is C16H16ClNO2S. The molecular weight excluding hydrogens is 306 g/mol. The number of aromatic carboxylic acids is 1. The van der Waals surface area contributed by atoms with Gasteiger partial charge in [-0.3, -0.25) is 0 Å². The molecule has 5 heteroatoms. The van der Waals surface area contributed by atoms with Gasteiger partial charge in [-0.25, -0.2) is 4.79 Å². The molecule has 2 N–H and O–H groups in total. The first kappa shape index (κ1) is 14.6. The zero-order valence-corrected chi connectivity index (χ0v) is 13.0. The van der Waals surface area contributed by atoms with Gasteiger partial charge in [0.2, 0.25) is 0 Å². The molecule has 0 radical (unpaired) electrons. The first-order valence-corrected chi connectivity index (χ1v) is 8.15. The van der Waals surface area contributed by atoms with E-state index >= 15 is 0 Å². The van der Waals surface area contributed by atoms with Gasteiger partial charge in [-0.1, -0.05) is 23.7 Å². The quantitative estimate of drug-likeness (QED) is 0.885. The topological polar surface area (TPSA) is 49.3 Å². The van der Waals surface area contributed by atoms with Crippen LogP contribution in [0.4, 0.5) is 0 Å². The summed E-state index contributed by atoms with van der Waals surface area (Å²) in [5, 5.41) is 12.5. The van der Waals surface area contributed by atoms with Gasteiger partial charge < -0.3 is 10.4 Å². The molecule has 2 heterocycles. The van der Waals surface area contributed by atoms with Crippen molar-refractivity contribution in [2.45, 2.75) is 24.8 Å². The summed E-state index contributed by atoms with van der Waals surface area (Å²) in [6.07, 6.45) is 2.13. The largest absolute Gasteiger partial charge is 0.478 e. The van der Waals surface area contributed by atoms with Crippen LogP contribution >= 0.6 is 22.9 Å². The summed E-state index contributed by atoms with van der Waals surface area (Å²) >= 11 is 7.69. The van der Waals surface area contributed by atoms with E-state index in [9.17, 15) is 4.79 Å². The maximum Gasteiger partial charge on any atom is 0.335 e. The highest BCUT2D eigenvalue weighted by Crippen LogP contribution is 2.38. The highest BCUT2D eigenvalue weighted by Gasteiger charge is 2.25. The van der Waals surface area contributed by atoms with Gasteiger partial charge >= 0.3 is 5.97 Å². The fourth-order valence-electron chi connectivity index (χ4n) is 2.84. The van der Waals surface area contributed by atoms with Crippen molar-refractivity contribution < 1.29 is 9.90 Å². The Kier molecular flexibility index (Phi) is 4.29. The smallest absolute Gasteiger partial charge is 0.335 e. The Balaban J connectivity index is 1.75. The molecule has 0 bridgehead atoms. The normalized spacial score (nSPS) is 22.1. The molecule has 1 aliphatic heterocycles. The lowest BCUT2D eigenvalue weighted by Gasteiger charge is -2.30. The Bertz CT molecular complexity index is 638. The first-order chi connectivity index (χ1) is 10.1. The summed E-state index contributed by atoms with van der Waals surface area (Å²) in [6.45, 7) is 0.964. The number of carbonyl (C=O) groups is 1. The predicted molar refractivity (Wildman–Crippen MR) is 85.4 cm³/mol. The number of piperidine rings is 1. The van der Waals surface area contributed by atoms with Gasteiger partial charge in [0.1, 0.15) is 0 Å². The van der Waals surface area contributed by atoms with Gasteiger partial charge in [0, 0.05) is 10.9 Å². The van der Waals surface area contributed by atoms with E-state index in [1.54, 1.807) is 23.5 Å². The lowest BCUT2D eigenvalue weighted by molar-refractivity contribution is 0.0697. The van der Waals surface area contributed by atoms with Crippen LogP contribution in [0.2, 0.25) is 4.34 Å². The lowest BCUT2D eigenvalue weighted by atomic mass is 9.87. The second-order valence-electron chi connectivity index (χ2n) is 5.30. The van der Waals surface area contributed by atoms with Crippen molar-refractivity contribution in [3.8, 4) is 0 Å².